The highest BCUT2D eigenvalue weighted by molar-refractivity contribution is 7.99. The lowest BCUT2D eigenvalue weighted by molar-refractivity contribution is -0.384. The molecule has 98 valence electrons. The van der Waals surface area contributed by atoms with E-state index in [4.69, 9.17) is 4.74 Å². The second-order valence-electron chi connectivity index (χ2n) is 3.54. The molecular formula is C12H15NO4S. The summed E-state index contributed by atoms with van der Waals surface area (Å²) in [6, 6.07) is 4.07. The molecule has 0 aliphatic rings. The number of carbonyl (C=O) groups is 1. The lowest BCUT2D eigenvalue weighted by atomic mass is 10.1. The molecule has 1 rings (SSSR count). The van der Waals surface area contributed by atoms with Crippen LogP contribution in [0.2, 0.25) is 0 Å². The topological polar surface area (TPSA) is 69.4 Å². The molecule has 0 unspecified atom stereocenters. The lowest BCUT2D eigenvalue weighted by Gasteiger charge is -2.09. The molecule has 18 heavy (non-hydrogen) atoms. The van der Waals surface area contributed by atoms with Crippen molar-refractivity contribution >= 4 is 23.2 Å². The van der Waals surface area contributed by atoms with Crippen LogP contribution in [0.4, 0.5) is 5.69 Å². The number of hydrogen-bond donors (Lipinski definition) is 0. The number of thioether (sulfide) groups is 1. The first-order chi connectivity index (χ1) is 8.56. The average Bonchev–Trinajstić information content (AvgIpc) is 2.34. The Hall–Kier alpha value is -1.56. The van der Waals surface area contributed by atoms with Gasteiger partial charge in [-0.15, -0.1) is 0 Å². The molecule has 0 bridgehead atoms. The normalized spacial score (nSPS) is 10.1. The summed E-state index contributed by atoms with van der Waals surface area (Å²) in [4.78, 5) is 21.5. The van der Waals surface area contributed by atoms with E-state index in [-0.39, 0.29) is 17.0 Å². The van der Waals surface area contributed by atoms with Gasteiger partial charge in [-0.3, -0.25) is 14.9 Å². The Morgan fingerprint density at radius 1 is 1.50 bits per heavy atom. The van der Waals surface area contributed by atoms with Gasteiger partial charge in [-0.25, -0.2) is 0 Å². The third kappa shape index (κ3) is 4.03. The molecule has 0 aliphatic carbocycles. The Bertz CT molecular complexity index is 448. The van der Waals surface area contributed by atoms with E-state index < -0.39 is 4.92 Å². The van der Waals surface area contributed by atoms with Crippen molar-refractivity contribution < 1.29 is 14.5 Å². The van der Waals surface area contributed by atoms with Crippen LogP contribution in [-0.2, 0) is 0 Å². The van der Waals surface area contributed by atoms with Crippen molar-refractivity contribution in [1.82, 2.24) is 0 Å². The van der Waals surface area contributed by atoms with E-state index in [0.717, 1.165) is 11.5 Å². The summed E-state index contributed by atoms with van der Waals surface area (Å²) in [5.41, 5.74) is 0.154. The van der Waals surface area contributed by atoms with Crippen LogP contribution in [0.3, 0.4) is 0 Å². The van der Waals surface area contributed by atoms with Gasteiger partial charge in [0, 0.05) is 17.9 Å². The minimum Gasteiger partial charge on any atom is -0.492 e. The standard InChI is InChI=1S/C12H15NO4S/c1-3-18-7-6-17-12-5-4-10(13(15)16)8-11(12)9(2)14/h4-5,8H,3,6-7H2,1-2H3. The molecule has 0 aromatic heterocycles. The highest BCUT2D eigenvalue weighted by Crippen LogP contribution is 2.24. The van der Waals surface area contributed by atoms with Gasteiger partial charge >= 0.3 is 0 Å². The van der Waals surface area contributed by atoms with Crippen molar-refractivity contribution in [3.05, 3.63) is 33.9 Å². The largest absolute Gasteiger partial charge is 0.492 e. The van der Waals surface area contributed by atoms with Crippen LogP contribution in [0, 0.1) is 10.1 Å². The maximum absolute atomic E-state index is 11.4. The molecule has 5 nitrogen and oxygen atoms in total. The van der Waals surface area contributed by atoms with Gasteiger partial charge in [0.15, 0.2) is 5.78 Å². The van der Waals surface area contributed by atoms with E-state index in [9.17, 15) is 14.9 Å². The van der Waals surface area contributed by atoms with Gasteiger partial charge < -0.3 is 4.74 Å². The minimum atomic E-state index is -0.525. The van der Waals surface area contributed by atoms with Gasteiger partial charge in [-0.05, 0) is 18.7 Å². The molecule has 0 amide bonds. The average molecular weight is 269 g/mol. The van der Waals surface area contributed by atoms with E-state index in [1.54, 1.807) is 11.8 Å². The highest BCUT2D eigenvalue weighted by atomic mass is 32.2. The van der Waals surface area contributed by atoms with E-state index in [2.05, 4.69) is 6.92 Å². The van der Waals surface area contributed by atoms with Crippen molar-refractivity contribution in [2.45, 2.75) is 13.8 Å². The fraction of sp³-hybridized carbons (Fsp3) is 0.417. The second kappa shape index (κ2) is 7.00. The molecule has 6 heteroatoms. The predicted molar refractivity (Wildman–Crippen MR) is 71.6 cm³/mol. The number of nitrogens with zero attached hydrogens (tertiary/aromatic N) is 1. The molecule has 1 aromatic rings. The van der Waals surface area contributed by atoms with Crippen LogP contribution in [-0.4, -0.2) is 28.8 Å². The molecule has 0 N–H and O–H groups in total. The number of ether oxygens (including phenoxy) is 1. The molecule has 0 saturated heterocycles. The fourth-order valence-corrected chi connectivity index (χ4v) is 1.88. The van der Waals surface area contributed by atoms with Crippen LogP contribution in [0.5, 0.6) is 5.75 Å². The molecular weight excluding hydrogens is 254 g/mol. The van der Waals surface area contributed by atoms with Gasteiger partial charge in [0.1, 0.15) is 5.75 Å². The zero-order chi connectivity index (χ0) is 13.5. The maximum Gasteiger partial charge on any atom is 0.270 e. The first-order valence-electron chi connectivity index (χ1n) is 5.56. The molecule has 0 aliphatic heterocycles. The molecule has 1 aromatic carbocycles. The van der Waals surface area contributed by atoms with Crippen LogP contribution >= 0.6 is 11.8 Å². The Kier molecular flexibility index (Phi) is 5.64. The number of ketones is 1. The summed E-state index contributed by atoms with van der Waals surface area (Å²) in [5.74, 6) is 2.00. The summed E-state index contributed by atoms with van der Waals surface area (Å²) in [5, 5.41) is 10.6. The zero-order valence-electron chi connectivity index (χ0n) is 10.3. The third-order valence-corrected chi connectivity index (χ3v) is 3.11. The molecule has 0 spiro atoms. The van der Waals surface area contributed by atoms with Crippen molar-refractivity contribution in [1.29, 1.82) is 0 Å². The van der Waals surface area contributed by atoms with Gasteiger partial charge in [-0.2, -0.15) is 11.8 Å². The summed E-state index contributed by atoms with van der Waals surface area (Å²) < 4.78 is 5.47. The number of non-ortho nitro benzene ring substituents is 1. The summed E-state index contributed by atoms with van der Waals surface area (Å²) >= 11 is 1.73. The number of Topliss-reactive ketones (excluding diaryl/α,β-unsaturated/α-hetero) is 1. The second-order valence-corrected chi connectivity index (χ2v) is 4.93. The zero-order valence-corrected chi connectivity index (χ0v) is 11.2. The number of nitro groups is 1. The van der Waals surface area contributed by atoms with E-state index in [0.29, 0.717) is 12.4 Å². The summed E-state index contributed by atoms with van der Waals surface area (Å²) in [7, 11) is 0. The SMILES string of the molecule is CCSCCOc1ccc([N+](=O)[O-])cc1C(C)=O. The highest BCUT2D eigenvalue weighted by Gasteiger charge is 2.14. The van der Waals surface area contributed by atoms with Gasteiger partial charge in [0.2, 0.25) is 0 Å². The van der Waals surface area contributed by atoms with Gasteiger partial charge in [0.25, 0.3) is 5.69 Å². The summed E-state index contributed by atoms with van der Waals surface area (Å²) in [6.45, 7) is 3.90. The first-order valence-corrected chi connectivity index (χ1v) is 6.71. The van der Waals surface area contributed by atoms with E-state index in [1.165, 1.54) is 25.1 Å². The Balaban J connectivity index is 2.83. The number of nitro benzene ring substituents is 1. The van der Waals surface area contributed by atoms with Crippen LogP contribution in [0.15, 0.2) is 18.2 Å². The Morgan fingerprint density at radius 3 is 2.78 bits per heavy atom. The predicted octanol–water partition coefficient (Wildman–Crippen LogP) is 2.93. The van der Waals surface area contributed by atoms with Crippen molar-refractivity contribution in [2.75, 3.05) is 18.1 Å². The molecule has 0 atom stereocenters. The number of carbonyl (C=O) groups excluding carboxylic acids is 1. The van der Waals surface area contributed by atoms with E-state index >= 15 is 0 Å². The summed E-state index contributed by atoms with van der Waals surface area (Å²) in [6.07, 6.45) is 0. The van der Waals surface area contributed by atoms with Gasteiger partial charge in [-0.1, -0.05) is 6.92 Å². The van der Waals surface area contributed by atoms with Crippen LogP contribution in [0.25, 0.3) is 0 Å². The monoisotopic (exact) mass is 269 g/mol. The van der Waals surface area contributed by atoms with Crippen molar-refractivity contribution in [3.8, 4) is 5.75 Å². The molecule has 0 radical (unpaired) electrons. The number of hydrogen-bond acceptors (Lipinski definition) is 5. The smallest absolute Gasteiger partial charge is 0.270 e. The maximum atomic E-state index is 11.4. The number of rotatable bonds is 7. The third-order valence-electron chi connectivity index (χ3n) is 2.24. The Morgan fingerprint density at radius 2 is 2.22 bits per heavy atom. The quantitative estimate of drug-likeness (QED) is 0.329. The van der Waals surface area contributed by atoms with E-state index in [1.807, 2.05) is 0 Å². The van der Waals surface area contributed by atoms with Gasteiger partial charge in [0.05, 0.1) is 17.1 Å². The molecule has 0 fully saturated rings. The van der Waals surface area contributed by atoms with Crippen LogP contribution in [0.1, 0.15) is 24.2 Å². The van der Waals surface area contributed by atoms with Crippen molar-refractivity contribution in [2.24, 2.45) is 0 Å². The fourth-order valence-electron chi connectivity index (χ4n) is 1.39. The first kappa shape index (κ1) is 14.5. The lowest BCUT2D eigenvalue weighted by Crippen LogP contribution is -2.05. The molecule has 0 heterocycles. The minimum absolute atomic E-state index is 0.101. The van der Waals surface area contributed by atoms with Crippen molar-refractivity contribution in [3.63, 3.8) is 0 Å². The number of benzene rings is 1. The molecule has 0 saturated carbocycles. The Labute approximate surface area is 110 Å². The van der Waals surface area contributed by atoms with Crippen LogP contribution < -0.4 is 4.74 Å².